The van der Waals surface area contributed by atoms with E-state index in [1.54, 1.807) is 0 Å². The van der Waals surface area contributed by atoms with Crippen molar-refractivity contribution < 1.29 is 9.63 Å². The molecule has 0 atom stereocenters. The van der Waals surface area contributed by atoms with Gasteiger partial charge in [-0.15, -0.1) is 0 Å². The molecule has 1 heterocycles. The Morgan fingerprint density at radius 2 is 2.24 bits per heavy atom. The van der Waals surface area contributed by atoms with Crippen molar-refractivity contribution >= 4 is 5.91 Å². The predicted octanol–water partition coefficient (Wildman–Crippen LogP) is 0.677. The fourth-order valence-corrected chi connectivity index (χ4v) is 1.28. The second-order valence-electron chi connectivity index (χ2n) is 3.62. The maximum atomic E-state index is 11.7. The zero-order valence-corrected chi connectivity index (χ0v) is 10.3. The van der Waals surface area contributed by atoms with E-state index in [4.69, 9.17) is 4.84 Å². The molecule has 0 spiro atoms. The molecule has 0 aromatic carbocycles. The van der Waals surface area contributed by atoms with Gasteiger partial charge < -0.3 is 0 Å². The molecular formula is C11H17N3O3. The topological polar surface area (TPSA) is 64.4 Å². The summed E-state index contributed by atoms with van der Waals surface area (Å²) in [6.45, 7) is 2.55. The summed E-state index contributed by atoms with van der Waals surface area (Å²) in [5.41, 5.74) is 0.000114. The van der Waals surface area contributed by atoms with Gasteiger partial charge in [-0.2, -0.15) is 5.10 Å². The summed E-state index contributed by atoms with van der Waals surface area (Å²) in [5, 5.41) is 5.08. The molecule has 6 nitrogen and oxygen atoms in total. The first-order chi connectivity index (χ1) is 8.10. The van der Waals surface area contributed by atoms with Gasteiger partial charge >= 0.3 is 0 Å². The molecule has 0 radical (unpaired) electrons. The lowest BCUT2D eigenvalue weighted by molar-refractivity contribution is -0.0761. The highest BCUT2D eigenvalue weighted by Crippen LogP contribution is 1.98. The molecule has 0 saturated carbocycles. The fourth-order valence-electron chi connectivity index (χ4n) is 1.28. The monoisotopic (exact) mass is 239 g/mol. The van der Waals surface area contributed by atoms with Crippen LogP contribution < -0.4 is 5.56 Å². The van der Waals surface area contributed by atoms with Crippen LogP contribution in [-0.4, -0.2) is 34.9 Å². The van der Waals surface area contributed by atoms with Crippen molar-refractivity contribution in [2.24, 2.45) is 0 Å². The molecule has 0 saturated heterocycles. The van der Waals surface area contributed by atoms with Crippen LogP contribution in [0.1, 0.15) is 30.3 Å². The third-order valence-corrected chi connectivity index (χ3v) is 2.37. The summed E-state index contributed by atoms with van der Waals surface area (Å²) in [7, 11) is 2.89. The number of nitrogens with zero attached hydrogens (tertiary/aromatic N) is 3. The smallest absolute Gasteiger partial charge is 0.274 e. The van der Waals surface area contributed by atoms with Crippen LogP contribution in [0.2, 0.25) is 0 Å². The highest BCUT2D eigenvalue weighted by molar-refractivity contribution is 5.91. The molecule has 1 amide bonds. The molecule has 6 heteroatoms. The molecule has 0 fully saturated rings. The highest BCUT2D eigenvalue weighted by atomic mass is 16.7. The molecule has 0 aliphatic heterocycles. The largest absolute Gasteiger partial charge is 0.297 e. The Kier molecular flexibility index (Phi) is 4.84. The molecule has 0 aliphatic carbocycles. The number of carbonyl (C=O) groups excluding carboxylic acids is 1. The van der Waals surface area contributed by atoms with Gasteiger partial charge in [0.2, 0.25) is 0 Å². The van der Waals surface area contributed by atoms with Crippen molar-refractivity contribution in [3.63, 3.8) is 0 Å². The summed E-state index contributed by atoms with van der Waals surface area (Å²) in [4.78, 5) is 28.0. The van der Waals surface area contributed by atoms with E-state index in [0.29, 0.717) is 6.54 Å². The number of hydrogen-bond donors (Lipinski definition) is 0. The lowest BCUT2D eigenvalue weighted by Gasteiger charge is -2.13. The maximum Gasteiger partial charge on any atom is 0.297 e. The van der Waals surface area contributed by atoms with Gasteiger partial charge in [0, 0.05) is 19.7 Å². The van der Waals surface area contributed by atoms with E-state index >= 15 is 0 Å². The SMILES string of the molecule is CCCCn1nc(C(=O)N(C)OC)ccc1=O. The zero-order chi connectivity index (χ0) is 12.8. The number of hydrogen-bond acceptors (Lipinski definition) is 4. The second-order valence-corrected chi connectivity index (χ2v) is 3.62. The van der Waals surface area contributed by atoms with Gasteiger partial charge in [0.05, 0.1) is 7.11 Å². The van der Waals surface area contributed by atoms with Crippen LogP contribution in [0.15, 0.2) is 16.9 Å². The van der Waals surface area contributed by atoms with Gasteiger partial charge in [0.15, 0.2) is 5.69 Å². The average molecular weight is 239 g/mol. The summed E-state index contributed by atoms with van der Waals surface area (Å²) >= 11 is 0. The van der Waals surface area contributed by atoms with Crippen LogP contribution in [0.5, 0.6) is 0 Å². The van der Waals surface area contributed by atoms with Crippen LogP contribution in [0.25, 0.3) is 0 Å². The fraction of sp³-hybridized carbons (Fsp3) is 0.545. The number of carbonyl (C=O) groups is 1. The minimum atomic E-state index is -0.377. The first kappa shape index (κ1) is 13.4. The molecule has 1 rings (SSSR count). The van der Waals surface area contributed by atoms with E-state index in [2.05, 4.69) is 5.10 Å². The minimum Gasteiger partial charge on any atom is -0.274 e. The van der Waals surface area contributed by atoms with Crippen molar-refractivity contribution in [1.82, 2.24) is 14.8 Å². The molecule has 94 valence electrons. The standard InChI is InChI=1S/C11H17N3O3/c1-4-5-8-14-10(15)7-6-9(12-14)11(16)13(2)17-3/h6-7H,4-5,8H2,1-3H3. The number of aryl methyl sites for hydroxylation is 1. The normalized spacial score (nSPS) is 10.3. The van der Waals surface area contributed by atoms with E-state index in [-0.39, 0.29) is 17.2 Å². The van der Waals surface area contributed by atoms with Crippen molar-refractivity contribution in [3.05, 3.63) is 28.2 Å². The Morgan fingerprint density at radius 3 is 2.82 bits per heavy atom. The quantitative estimate of drug-likeness (QED) is 0.709. The first-order valence-electron chi connectivity index (χ1n) is 5.50. The molecule has 1 aromatic rings. The Labute approximate surface area is 99.8 Å². The Morgan fingerprint density at radius 1 is 1.53 bits per heavy atom. The van der Waals surface area contributed by atoms with E-state index in [1.165, 1.54) is 31.0 Å². The lowest BCUT2D eigenvalue weighted by atomic mass is 10.3. The molecule has 1 aromatic heterocycles. The molecule has 0 unspecified atom stereocenters. The Hall–Kier alpha value is -1.69. The Balaban J connectivity index is 2.95. The second kappa shape index (κ2) is 6.15. The maximum absolute atomic E-state index is 11.7. The van der Waals surface area contributed by atoms with Crippen LogP contribution >= 0.6 is 0 Å². The summed E-state index contributed by atoms with van der Waals surface area (Å²) < 4.78 is 1.31. The number of rotatable bonds is 5. The molecule has 0 N–H and O–H groups in total. The van der Waals surface area contributed by atoms with E-state index in [0.717, 1.165) is 17.9 Å². The number of amides is 1. The van der Waals surface area contributed by atoms with Crippen molar-refractivity contribution in [1.29, 1.82) is 0 Å². The highest BCUT2D eigenvalue weighted by Gasteiger charge is 2.14. The van der Waals surface area contributed by atoms with Gasteiger partial charge in [0.25, 0.3) is 11.5 Å². The number of aromatic nitrogens is 2. The third-order valence-electron chi connectivity index (χ3n) is 2.37. The van der Waals surface area contributed by atoms with Gasteiger partial charge in [0.1, 0.15) is 0 Å². The minimum absolute atomic E-state index is 0.199. The van der Waals surface area contributed by atoms with Crippen LogP contribution in [0.4, 0.5) is 0 Å². The molecule has 0 aliphatic rings. The van der Waals surface area contributed by atoms with Gasteiger partial charge in [-0.1, -0.05) is 13.3 Å². The van der Waals surface area contributed by atoms with Crippen molar-refractivity contribution in [3.8, 4) is 0 Å². The van der Waals surface area contributed by atoms with Gasteiger partial charge in [-0.3, -0.25) is 14.4 Å². The molecule has 0 bridgehead atoms. The van der Waals surface area contributed by atoms with Crippen molar-refractivity contribution in [2.45, 2.75) is 26.3 Å². The lowest BCUT2D eigenvalue weighted by Crippen LogP contribution is -2.30. The van der Waals surface area contributed by atoms with Crippen LogP contribution in [0, 0.1) is 0 Å². The van der Waals surface area contributed by atoms with Gasteiger partial charge in [-0.25, -0.2) is 9.75 Å². The van der Waals surface area contributed by atoms with E-state index in [9.17, 15) is 9.59 Å². The van der Waals surface area contributed by atoms with Crippen LogP contribution in [0.3, 0.4) is 0 Å². The van der Waals surface area contributed by atoms with Gasteiger partial charge in [-0.05, 0) is 12.5 Å². The third kappa shape index (κ3) is 3.39. The zero-order valence-electron chi connectivity index (χ0n) is 10.3. The number of unbranched alkanes of at least 4 members (excludes halogenated alkanes) is 1. The molecule has 17 heavy (non-hydrogen) atoms. The molecular weight excluding hydrogens is 222 g/mol. The summed E-state index contributed by atoms with van der Waals surface area (Å²) in [5.74, 6) is -0.377. The first-order valence-corrected chi connectivity index (χ1v) is 5.50. The van der Waals surface area contributed by atoms with Crippen LogP contribution in [-0.2, 0) is 11.4 Å². The average Bonchev–Trinajstić information content (AvgIpc) is 2.36. The van der Waals surface area contributed by atoms with E-state index in [1.807, 2.05) is 6.92 Å². The Bertz CT molecular complexity index is 442. The number of hydroxylamine groups is 2. The predicted molar refractivity (Wildman–Crippen MR) is 62.5 cm³/mol. The summed E-state index contributed by atoms with van der Waals surface area (Å²) in [6, 6.07) is 2.75. The van der Waals surface area contributed by atoms with Crippen molar-refractivity contribution in [2.75, 3.05) is 14.2 Å². The van der Waals surface area contributed by atoms with E-state index < -0.39 is 0 Å². The summed E-state index contributed by atoms with van der Waals surface area (Å²) in [6.07, 6.45) is 1.81.